The lowest BCUT2D eigenvalue weighted by atomic mass is 9.91. The van der Waals surface area contributed by atoms with Crippen molar-refractivity contribution in [1.29, 1.82) is 0 Å². The van der Waals surface area contributed by atoms with E-state index < -0.39 is 88.6 Å². The summed E-state index contributed by atoms with van der Waals surface area (Å²) in [7, 11) is -10.1. The van der Waals surface area contributed by atoms with Crippen LogP contribution >= 0.6 is 15.6 Å². The molecule has 2 unspecified atom stereocenters. The molecule has 10 atom stereocenters. The Balaban J connectivity index is 1.14. The number of aliphatic hydroxyl groups excluding tert-OH is 1. The summed E-state index contributed by atoms with van der Waals surface area (Å²) >= 11 is 0. The minimum absolute atomic E-state index is 0.00210. The van der Waals surface area contributed by atoms with Crippen LogP contribution < -0.4 is 16.9 Å². The zero-order chi connectivity index (χ0) is 32.2. The average Bonchev–Trinajstić information content (AvgIpc) is 3.71. The van der Waals surface area contributed by atoms with Crippen LogP contribution in [0.4, 0.5) is 5.95 Å². The summed E-state index contributed by atoms with van der Waals surface area (Å²) in [6.45, 7) is -1.69. The maximum atomic E-state index is 13.4. The highest BCUT2D eigenvalue weighted by atomic mass is 31.2. The van der Waals surface area contributed by atoms with E-state index in [9.17, 15) is 33.6 Å². The van der Waals surface area contributed by atoms with Crippen molar-refractivity contribution in [2.24, 2.45) is 0 Å². The summed E-state index contributed by atoms with van der Waals surface area (Å²) in [5, 5.41) is 11.2. The fraction of sp³-hybridized carbons (Fsp3) is 0.524. The van der Waals surface area contributed by atoms with Gasteiger partial charge in [0.25, 0.3) is 11.1 Å². The lowest BCUT2D eigenvalue weighted by molar-refractivity contribution is -0.244. The minimum atomic E-state index is -5.05. The van der Waals surface area contributed by atoms with Crippen molar-refractivity contribution in [3.63, 3.8) is 0 Å². The van der Waals surface area contributed by atoms with Crippen LogP contribution in [0.3, 0.4) is 0 Å². The van der Waals surface area contributed by atoms with Crippen molar-refractivity contribution >= 4 is 43.9 Å². The summed E-state index contributed by atoms with van der Waals surface area (Å²) in [5.74, 6) is -0.249. The van der Waals surface area contributed by atoms with E-state index >= 15 is 0 Å². The first-order valence-corrected chi connectivity index (χ1v) is 16.4. The quantitative estimate of drug-likeness (QED) is 0.122. The number of nitrogens with zero attached hydrogens (tertiary/aromatic N) is 6. The SMILES string of the molecule is Nc1nc2c(ncn2[C@@H]2O[C@@]34CO[C@H]3[C@H]2OP(=O)(O)OC[C@H]2O[C@@H](n3cnc5c(=O)[nH]cnc53)[C@H](O)[C@@H]2OP(=O)(O)OC4)c(=O)[nH]1. The van der Waals surface area contributed by atoms with Gasteiger partial charge in [-0.05, 0) is 0 Å². The number of nitrogen functional groups attached to an aromatic ring is 1. The van der Waals surface area contributed by atoms with Crippen LogP contribution in [0.2, 0.25) is 0 Å². The lowest BCUT2D eigenvalue weighted by Crippen LogP contribution is -2.61. The Hall–Kier alpha value is -3.44. The molecule has 25 heteroatoms. The van der Waals surface area contributed by atoms with Gasteiger partial charge in [-0.1, -0.05) is 0 Å². The molecule has 23 nitrogen and oxygen atoms in total. The van der Waals surface area contributed by atoms with Crippen LogP contribution in [0.15, 0.2) is 28.6 Å². The van der Waals surface area contributed by atoms with Gasteiger partial charge in [0, 0.05) is 0 Å². The first-order chi connectivity index (χ1) is 21.8. The first kappa shape index (κ1) is 29.9. The van der Waals surface area contributed by atoms with E-state index in [2.05, 4.69) is 29.9 Å². The maximum Gasteiger partial charge on any atom is 0.472 e. The lowest BCUT2D eigenvalue weighted by Gasteiger charge is -2.43. The molecule has 4 fully saturated rings. The van der Waals surface area contributed by atoms with Crippen LogP contribution in [-0.2, 0) is 41.4 Å². The van der Waals surface area contributed by atoms with E-state index in [0.717, 1.165) is 12.7 Å². The van der Waals surface area contributed by atoms with E-state index in [4.69, 9.17) is 38.0 Å². The maximum absolute atomic E-state index is 13.4. The molecule has 7 N–H and O–H groups in total. The normalized spacial score (nSPS) is 39.7. The number of fused-ring (bicyclic) bond motifs is 3. The number of phosphoric acid groups is 2. The van der Waals surface area contributed by atoms with E-state index in [1.54, 1.807) is 0 Å². The zero-order valence-corrected chi connectivity index (χ0v) is 24.7. The molecule has 8 rings (SSSR count). The molecule has 0 aliphatic carbocycles. The highest BCUT2D eigenvalue weighted by Gasteiger charge is 2.66. The van der Waals surface area contributed by atoms with Crippen LogP contribution in [-0.4, -0.2) is 110 Å². The van der Waals surface area contributed by atoms with Gasteiger partial charge in [0.1, 0.15) is 36.1 Å². The molecule has 0 amide bonds. The Morgan fingerprint density at radius 2 is 1.63 bits per heavy atom. The molecular formula is C21H23N9O14P2. The Morgan fingerprint density at radius 1 is 0.935 bits per heavy atom. The molecule has 46 heavy (non-hydrogen) atoms. The first-order valence-electron chi connectivity index (χ1n) is 13.4. The summed E-state index contributed by atoms with van der Waals surface area (Å²) in [4.78, 5) is 66.8. The van der Waals surface area contributed by atoms with Gasteiger partial charge in [-0.15, -0.1) is 0 Å². The number of H-pyrrole nitrogens is 2. The van der Waals surface area contributed by atoms with Gasteiger partial charge in [0.15, 0.2) is 34.8 Å². The number of ether oxygens (including phenoxy) is 3. The molecule has 0 radical (unpaired) electrons. The second-order valence-corrected chi connectivity index (χ2v) is 13.7. The number of nitrogens with one attached hydrogen (secondary N) is 2. The number of rotatable bonds is 2. The molecule has 4 aromatic heterocycles. The number of nitrogens with two attached hydrogens (primary N) is 1. The Morgan fingerprint density at radius 3 is 2.37 bits per heavy atom. The minimum Gasteiger partial charge on any atom is -0.386 e. The molecule has 0 aromatic carbocycles. The summed E-state index contributed by atoms with van der Waals surface area (Å²) < 4.78 is 68.0. The fourth-order valence-electron chi connectivity index (χ4n) is 5.92. The number of phosphoric ester groups is 2. The van der Waals surface area contributed by atoms with Crippen LogP contribution in [0.5, 0.6) is 0 Å². The summed E-state index contributed by atoms with van der Waals surface area (Å²) in [6.07, 6.45) is -6.83. The van der Waals surface area contributed by atoms with Crippen LogP contribution in [0.1, 0.15) is 12.5 Å². The third-order valence-corrected chi connectivity index (χ3v) is 9.97. The van der Waals surface area contributed by atoms with Crippen LogP contribution in [0.25, 0.3) is 22.3 Å². The molecule has 0 saturated carbocycles. The van der Waals surface area contributed by atoms with Crippen molar-refractivity contribution in [3.05, 3.63) is 39.7 Å². The Bertz CT molecular complexity index is 2080. The van der Waals surface area contributed by atoms with Gasteiger partial charge in [-0.25, -0.2) is 24.1 Å². The van der Waals surface area contributed by atoms with Gasteiger partial charge in [0.05, 0.1) is 38.8 Å². The molecular weight excluding hydrogens is 664 g/mol. The predicted molar refractivity (Wildman–Crippen MR) is 145 cm³/mol. The molecule has 4 saturated heterocycles. The second kappa shape index (κ2) is 10.3. The number of hydrogen-bond acceptors (Lipinski definition) is 17. The summed E-state index contributed by atoms with van der Waals surface area (Å²) in [5.41, 5.74) is 2.66. The highest BCUT2D eigenvalue weighted by molar-refractivity contribution is 7.47. The van der Waals surface area contributed by atoms with Gasteiger partial charge in [0.2, 0.25) is 5.95 Å². The number of aromatic amines is 2. The van der Waals surface area contributed by atoms with Crippen molar-refractivity contribution in [2.75, 3.05) is 25.6 Å². The van der Waals surface area contributed by atoms with Crippen molar-refractivity contribution < 1.29 is 56.3 Å². The number of imidazole rings is 2. The third-order valence-electron chi connectivity index (χ3n) is 8.02. The molecule has 4 aromatic rings. The highest BCUT2D eigenvalue weighted by Crippen LogP contribution is 2.58. The van der Waals surface area contributed by atoms with Gasteiger partial charge >= 0.3 is 15.6 Å². The number of anilines is 1. The van der Waals surface area contributed by atoms with E-state index in [-0.39, 0.29) is 34.9 Å². The zero-order valence-electron chi connectivity index (χ0n) is 22.9. The van der Waals surface area contributed by atoms with Gasteiger partial charge in [-0.2, -0.15) is 4.98 Å². The number of aromatic nitrogens is 8. The van der Waals surface area contributed by atoms with Crippen molar-refractivity contribution in [3.8, 4) is 0 Å². The molecule has 8 heterocycles. The topological polar surface area (TPSA) is 313 Å². The van der Waals surface area contributed by atoms with Gasteiger partial charge < -0.3 is 39.8 Å². The molecule has 2 bridgehead atoms. The monoisotopic (exact) mass is 687 g/mol. The van der Waals surface area contributed by atoms with E-state index in [1.807, 2.05) is 0 Å². The smallest absolute Gasteiger partial charge is 0.386 e. The van der Waals surface area contributed by atoms with E-state index in [0.29, 0.717) is 0 Å². The largest absolute Gasteiger partial charge is 0.472 e. The third kappa shape index (κ3) is 4.67. The number of hydrogen-bond donors (Lipinski definition) is 6. The fourth-order valence-corrected chi connectivity index (χ4v) is 7.85. The van der Waals surface area contributed by atoms with Crippen molar-refractivity contribution in [1.82, 2.24) is 39.0 Å². The Kier molecular flexibility index (Phi) is 6.69. The molecule has 4 aliphatic heterocycles. The molecule has 4 aliphatic rings. The van der Waals surface area contributed by atoms with Crippen molar-refractivity contribution in [2.45, 2.75) is 48.6 Å². The molecule has 246 valence electrons. The second-order valence-electron chi connectivity index (χ2n) is 10.8. The van der Waals surface area contributed by atoms with E-state index in [1.165, 1.54) is 15.5 Å². The average molecular weight is 687 g/mol. The molecule has 0 spiro atoms. The number of aliphatic hydroxyl groups is 1. The Labute approximate surface area is 253 Å². The van der Waals surface area contributed by atoms with Gasteiger partial charge in [-0.3, -0.25) is 41.8 Å². The summed E-state index contributed by atoms with van der Waals surface area (Å²) in [6, 6.07) is 0. The standard InChI is InChI=1S/C21H23N9O14P2/c22-20-27-15-9(17(33)28-20)26-6-30(15)19-12-13-21(42-19,2-38-13)3-40-46(36,37)43-11-7(1-39-45(34,35)44-12)41-18(10(11)31)29-5-25-8-14(29)23-4-24-16(8)32/h4-7,10-13,18-19,31H,1-3H2,(H,34,35)(H,36,37)(H,23,24,32)(H3,22,27,28,33)/t7-,10-,11-,12-,13+,18-,19-,21-/m1/s1. The van der Waals surface area contributed by atoms with Crippen LogP contribution in [0, 0.1) is 0 Å². The predicted octanol–water partition coefficient (Wildman–Crippen LogP) is -2.22.